The molecule has 0 radical (unpaired) electrons. The average Bonchev–Trinajstić information content (AvgIpc) is 2.76. The third kappa shape index (κ3) is 2.21. The van der Waals surface area contributed by atoms with Gasteiger partial charge in [-0.1, -0.05) is 13.8 Å². The molecule has 2 aromatic heterocycles. The molecule has 82 valence electrons. The lowest BCUT2D eigenvalue weighted by Gasteiger charge is -2.16. The SMILES string of the molecule is CC(CN)C(C)Cc1cn2ccsc2n1. The predicted octanol–water partition coefficient (Wildman–Crippen LogP) is 2.17. The van der Waals surface area contributed by atoms with Crippen LogP contribution < -0.4 is 5.73 Å². The minimum atomic E-state index is 0.560. The van der Waals surface area contributed by atoms with Gasteiger partial charge >= 0.3 is 0 Å². The molecule has 0 saturated carbocycles. The van der Waals surface area contributed by atoms with Gasteiger partial charge in [0.15, 0.2) is 4.96 Å². The Labute approximate surface area is 93.9 Å². The summed E-state index contributed by atoms with van der Waals surface area (Å²) in [5, 5.41) is 2.05. The van der Waals surface area contributed by atoms with Crippen LogP contribution in [0, 0.1) is 11.8 Å². The summed E-state index contributed by atoms with van der Waals surface area (Å²) in [7, 11) is 0. The van der Waals surface area contributed by atoms with Gasteiger partial charge in [0, 0.05) is 17.8 Å². The molecule has 3 nitrogen and oxygen atoms in total. The molecule has 2 atom stereocenters. The molecule has 2 N–H and O–H groups in total. The highest BCUT2D eigenvalue weighted by Crippen LogP contribution is 2.18. The van der Waals surface area contributed by atoms with Gasteiger partial charge in [-0.2, -0.15) is 0 Å². The monoisotopic (exact) mass is 223 g/mol. The maximum absolute atomic E-state index is 5.66. The summed E-state index contributed by atoms with van der Waals surface area (Å²) in [6.45, 7) is 5.19. The van der Waals surface area contributed by atoms with E-state index in [9.17, 15) is 0 Å². The molecule has 4 heteroatoms. The minimum Gasteiger partial charge on any atom is -0.330 e. The molecule has 0 saturated heterocycles. The summed E-state index contributed by atoms with van der Waals surface area (Å²) < 4.78 is 2.08. The molecule has 0 aromatic carbocycles. The Morgan fingerprint density at radius 2 is 2.27 bits per heavy atom. The Balaban J connectivity index is 2.09. The lowest BCUT2D eigenvalue weighted by atomic mass is 9.92. The van der Waals surface area contributed by atoms with E-state index in [1.807, 2.05) is 6.20 Å². The fraction of sp³-hybridized carbons (Fsp3) is 0.545. The van der Waals surface area contributed by atoms with E-state index in [4.69, 9.17) is 5.73 Å². The molecular weight excluding hydrogens is 206 g/mol. The van der Waals surface area contributed by atoms with Crippen LogP contribution >= 0.6 is 11.3 Å². The molecule has 0 amide bonds. The van der Waals surface area contributed by atoms with E-state index < -0.39 is 0 Å². The van der Waals surface area contributed by atoms with E-state index in [0.29, 0.717) is 11.8 Å². The largest absolute Gasteiger partial charge is 0.330 e. The van der Waals surface area contributed by atoms with E-state index in [0.717, 1.165) is 17.9 Å². The Morgan fingerprint density at radius 3 is 2.93 bits per heavy atom. The van der Waals surface area contributed by atoms with Gasteiger partial charge in [-0.15, -0.1) is 11.3 Å². The van der Waals surface area contributed by atoms with Crippen molar-refractivity contribution in [1.29, 1.82) is 0 Å². The van der Waals surface area contributed by atoms with Crippen LogP contribution in [0.3, 0.4) is 0 Å². The first-order valence-corrected chi connectivity index (χ1v) is 6.20. The summed E-state index contributed by atoms with van der Waals surface area (Å²) in [6, 6.07) is 0. The second kappa shape index (κ2) is 4.33. The number of fused-ring (bicyclic) bond motifs is 1. The molecule has 0 spiro atoms. The normalized spacial score (nSPS) is 15.7. The third-order valence-electron chi connectivity index (χ3n) is 3.02. The van der Waals surface area contributed by atoms with Crippen molar-refractivity contribution in [1.82, 2.24) is 9.38 Å². The van der Waals surface area contributed by atoms with Gasteiger partial charge in [0.1, 0.15) is 0 Å². The molecular formula is C11H17N3S. The average molecular weight is 223 g/mol. The topological polar surface area (TPSA) is 43.3 Å². The van der Waals surface area contributed by atoms with E-state index >= 15 is 0 Å². The third-order valence-corrected chi connectivity index (χ3v) is 3.79. The quantitative estimate of drug-likeness (QED) is 0.863. The van der Waals surface area contributed by atoms with Crippen LogP contribution in [0.5, 0.6) is 0 Å². The van der Waals surface area contributed by atoms with Gasteiger partial charge in [0.25, 0.3) is 0 Å². The van der Waals surface area contributed by atoms with Crippen LogP contribution in [0.4, 0.5) is 0 Å². The van der Waals surface area contributed by atoms with Crippen LogP contribution in [0.15, 0.2) is 17.8 Å². The van der Waals surface area contributed by atoms with Crippen LogP contribution in [0.2, 0.25) is 0 Å². The molecule has 0 aliphatic carbocycles. The second-order valence-corrected chi connectivity index (χ2v) is 5.09. The predicted molar refractivity (Wildman–Crippen MR) is 64.2 cm³/mol. The molecule has 2 aromatic rings. The molecule has 2 heterocycles. The first kappa shape index (κ1) is 10.6. The summed E-state index contributed by atoms with van der Waals surface area (Å²) in [5.74, 6) is 1.16. The summed E-state index contributed by atoms with van der Waals surface area (Å²) in [6.07, 6.45) is 5.19. The summed E-state index contributed by atoms with van der Waals surface area (Å²) in [5.41, 5.74) is 6.83. The van der Waals surface area contributed by atoms with E-state index in [1.165, 1.54) is 5.69 Å². The summed E-state index contributed by atoms with van der Waals surface area (Å²) in [4.78, 5) is 5.65. The number of rotatable bonds is 4. The molecule has 0 fully saturated rings. The zero-order valence-corrected chi connectivity index (χ0v) is 10.00. The molecule has 2 rings (SSSR count). The smallest absolute Gasteiger partial charge is 0.193 e. The van der Waals surface area contributed by atoms with Crippen LogP contribution in [-0.4, -0.2) is 15.9 Å². The highest BCUT2D eigenvalue weighted by Gasteiger charge is 2.13. The van der Waals surface area contributed by atoms with Gasteiger partial charge in [0.05, 0.1) is 5.69 Å². The molecule has 15 heavy (non-hydrogen) atoms. The van der Waals surface area contributed by atoms with Crippen LogP contribution in [0.25, 0.3) is 4.96 Å². The molecule has 0 aliphatic heterocycles. The molecule has 0 aliphatic rings. The van der Waals surface area contributed by atoms with Gasteiger partial charge in [-0.05, 0) is 24.8 Å². The maximum atomic E-state index is 5.66. The van der Waals surface area contributed by atoms with Crippen molar-refractivity contribution in [2.45, 2.75) is 20.3 Å². The lowest BCUT2D eigenvalue weighted by Crippen LogP contribution is -2.20. The van der Waals surface area contributed by atoms with Crippen molar-refractivity contribution < 1.29 is 0 Å². The Kier molecular flexibility index (Phi) is 3.07. The fourth-order valence-corrected chi connectivity index (χ4v) is 2.36. The molecule has 2 unspecified atom stereocenters. The number of hydrogen-bond donors (Lipinski definition) is 1. The van der Waals surface area contributed by atoms with Crippen LogP contribution in [-0.2, 0) is 6.42 Å². The highest BCUT2D eigenvalue weighted by atomic mass is 32.1. The van der Waals surface area contributed by atoms with E-state index in [-0.39, 0.29) is 0 Å². The minimum absolute atomic E-state index is 0.560. The Bertz CT molecular complexity index is 403. The van der Waals surface area contributed by atoms with Gasteiger partial charge in [0.2, 0.25) is 0 Å². The second-order valence-electron chi connectivity index (χ2n) is 4.22. The van der Waals surface area contributed by atoms with Gasteiger partial charge in [-0.3, -0.25) is 4.40 Å². The van der Waals surface area contributed by atoms with E-state index in [2.05, 4.69) is 34.8 Å². The van der Waals surface area contributed by atoms with E-state index in [1.54, 1.807) is 11.3 Å². The van der Waals surface area contributed by atoms with Crippen molar-refractivity contribution in [2.24, 2.45) is 17.6 Å². The number of imidazole rings is 1. The van der Waals surface area contributed by atoms with Crippen molar-refractivity contribution in [3.05, 3.63) is 23.5 Å². The number of thiazole rings is 1. The maximum Gasteiger partial charge on any atom is 0.193 e. The van der Waals surface area contributed by atoms with Gasteiger partial charge < -0.3 is 5.73 Å². The first-order valence-electron chi connectivity index (χ1n) is 5.32. The Hall–Kier alpha value is -0.870. The zero-order chi connectivity index (χ0) is 10.8. The number of nitrogens with two attached hydrogens (primary N) is 1. The van der Waals surface area contributed by atoms with Crippen molar-refractivity contribution in [2.75, 3.05) is 6.54 Å². The van der Waals surface area contributed by atoms with Gasteiger partial charge in [-0.25, -0.2) is 4.98 Å². The first-order chi connectivity index (χ1) is 7.20. The standard InChI is InChI=1S/C11H17N3S/c1-8(9(2)6-12)5-10-7-14-3-4-15-11(14)13-10/h3-4,7-9H,5-6,12H2,1-2H3. The summed E-state index contributed by atoms with van der Waals surface area (Å²) >= 11 is 1.68. The van der Waals surface area contributed by atoms with Crippen LogP contribution in [0.1, 0.15) is 19.5 Å². The van der Waals surface area contributed by atoms with Crippen molar-refractivity contribution in [3.8, 4) is 0 Å². The van der Waals surface area contributed by atoms with Crippen molar-refractivity contribution in [3.63, 3.8) is 0 Å². The highest BCUT2D eigenvalue weighted by molar-refractivity contribution is 7.15. The molecule has 0 bridgehead atoms. The Morgan fingerprint density at radius 1 is 1.47 bits per heavy atom. The number of nitrogens with zero attached hydrogens (tertiary/aromatic N) is 2. The zero-order valence-electron chi connectivity index (χ0n) is 9.18. The van der Waals surface area contributed by atoms with Crippen molar-refractivity contribution >= 4 is 16.3 Å². The fourth-order valence-electron chi connectivity index (χ4n) is 1.64. The number of hydrogen-bond acceptors (Lipinski definition) is 3. The lowest BCUT2D eigenvalue weighted by molar-refractivity contribution is 0.392. The number of aromatic nitrogens is 2.